The van der Waals surface area contributed by atoms with Crippen molar-refractivity contribution in [2.24, 2.45) is 5.10 Å². The Morgan fingerprint density at radius 1 is 1.31 bits per heavy atom. The highest BCUT2D eigenvalue weighted by atomic mass is 32.1. The molecule has 0 bridgehead atoms. The van der Waals surface area contributed by atoms with E-state index in [1.807, 2.05) is 17.5 Å². The van der Waals surface area contributed by atoms with Gasteiger partial charge in [0.2, 0.25) is 5.91 Å². The predicted molar refractivity (Wildman–Crippen MR) is 110 cm³/mol. The molecule has 0 unspecified atom stereocenters. The highest BCUT2D eigenvalue weighted by Gasteiger charge is 2.35. The SMILES string of the molecule is CCC(=O)N(CCOC)CC(=O)N1N=C(c2cccs2)C[C@H]1c1ccccc1F. The lowest BCUT2D eigenvalue weighted by atomic mass is 10.0. The minimum Gasteiger partial charge on any atom is -0.383 e. The summed E-state index contributed by atoms with van der Waals surface area (Å²) >= 11 is 1.53. The second kappa shape index (κ2) is 9.76. The Kier molecular flexibility index (Phi) is 7.11. The number of carbonyl (C=O) groups excluding carboxylic acids is 2. The first-order valence-electron chi connectivity index (χ1n) is 9.49. The Balaban J connectivity index is 1.87. The molecule has 1 aliphatic heterocycles. The van der Waals surface area contributed by atoms with Gasteiger partial charge in [0.1, 0.15) is 12.4 Å². The number of hydrazone groups is 1. The number of thiophene rings is 1. The second-order valence-electron chi connectivity index (χ2n) is 6.67. The summed E-state index contributed by atoms with van der Waals surface area (Å²) in [6.45, 7) is 2.27. The zero-order valence-electron chi connectivity index (χ0n) is 16.5. The monoisotopic (exact) mass is 417 g/mol. The van der Waals surface area contributed by atoms with Crippen LogP contribution in [0.2, 0.25) is 0 Å². The van der Waals surface area contributed by atoms with Crippen molar-refractivity contribution < 1.29 is 18.7 Å². The first kappa shape index (κ1) is 21.1. The smallest absolute Gasteiger partial charge is 0.262 e. The molecule has 154 valence electrons. The van der Waals surface area contributed by atoms with Gasteiger partial charge in [-0.15, -0.1) is 11.3 Å². The lowest BCUT2D eigenvalue weighted by Gasteiger charge is -2.27. The molecule has 6 nitrogen and oxygen atoms in total. The molecule has 2 heterocycles. The molecule has 0 saturated carbocycles. The number of carbonyl (C=O) groups is 2. The molecule has 0 radical (unpaired) electrons. The maximum Gasteiger partial charge on any atom is 0.262 e. The van der Waals surface area contributed by atoms with Gasteiger partial charge in [0.15, 0.2) is 0 Å². The van der Waals surface area contributed by atoms with Gasteiger partial charge in [0, 0.05) is 32.1 Å². The van der Waals surface area contributed by atoms with Gasteiger partial charge in [0.25, 0.3) is 5.91 Å². The van der Waals surface area contributed by atoms with Crippen LogP contribution < -0.4 is 0 Å². The third-order valence-corrected chi connectivity index (χ3v) is 5.70. The number of benzene rings is 1. The number of methoxy groups -OCH3 is 1. The highest BCUT2D eigenvalue weighted by molar-refractivity contribution is 7.12. The van der Waals surface area contributed by atoms with Gasteiger partial charge in [-0.1, -0.05) is 31.2 Å². The van der Waals surface area contributed by atoms with Crippen molar-refractivity contribution in [3.63, 3.8) is 0 Å². The Labute approximate surface area is 173 Å². The van der Waals surface area contributed by atoms with Crippen molar-refractivity contribution in [3.8, 4) is 0 Å². The van der Waals surface area contributed by atoms with Gasteiger partial charge < -0.3 is 9.64 Å². The average Bonchev–Trinajstić information content (AvgIpc) is 3.40. The normalized spacial score (nSPS) is 16.0. The van der Waals surface area contributed by atoms with E-state index >= 15 is 0 Å². The third kappa shape index (κ3) is 4.89. The predicted octanol–water partition coefficient (Wildman–Crippen LogP) is 3.45. The lowest BCUT2D eigenvalue weighted by molar-refractivity contribution is -0.142. The summed E-state index contributed by atoms with van der Waals surface area (Å²) in [5.41, 5.74) is 1.16. The number of rotatable bonds is 8. The minimum atomic E-state index is -0.540. The fourth-order valence-corrected chi connectivity index (χ4v) is 3.99. The van der Waals surface area contributed by atoms with Gasteiger partial charge in [-0.25, -0.2) is 9.40 Å². The molecule has 0 N–H and O–H groups in total. The van der Waals surface area contributed by atoms with E-state index < -0.39 is 6.04 Å². The Hall–Kier alpha value is -2.58. The molecular formula is C21H24FN3O3S. The van der Waals surface area contributed by atoms with Crippen LogP contribution in [0.3, 0.4) is 0 Å². The zero-order chi connectivity index (χ0) is 20.8. The van der Waals surface area contributed by atoms with Crippen LogP contribution in [0.1, 0.15) is 36.2 Å². The molecule has 3 rings (SSSR count). The Morgan fingerprint density at radius 2 is 2.10 bits per heavy atom. The molecule has 2 aromatic rings. The van der Waals surface area contributed by atoms with Crippen molar-refractivity contribution >= 4 is 28.9 Å². The van der Waals surface area contributed by atoms with Crippen LogP contribution in [0.25, 0.3) is 0 Å². The topological polar surface area (TPSA) is 62.2 Å². The molecule has 0 spiro atoms. The van der Waals surface area contributed by atoms with Gasteiger partial charge in [-0.05, 0) is 17.5 Å². The molecule has 2 amide bonds. The Bertz CT molecular complexity index is 885. The maximum absolute atomic E-state index is 14.5. The van der Waals surface area contributed by atoms with E-state index in [0.717, 1.165) is 10.6 Å². The molecule has 29 heavy (non-hydrogen) atoms. The van der Waals surface area contributed by atoms with E-state index in [2.05, 4.69) is 5.10 Å². The molecular weight excluding hydrogens is 393 g/mol. The van der Waals surface area contributed by atoms with Gasteiger partial charge >= 0.3 is 0 Å². The number of hydrogen-bond acceptors (Lipinski definition) is 5. The van der Waals surface area contributed by atoms with Crippen LogP contribution in [0, 0.1) is 5.82 Å². The van der Waals surface area contributed by atoms with E-state index in [0.29, 0.717) is 25.1 Å². The summed E-state index contributed by atoms with van der Waals surface area (Å²) in [5.74, 6) is -0.860. The van der Waals surface area contributed by atoms with E-state index in [9.17, 15) is 14.0 Å². The second-order valence-corrected chi connectivity index (χ2v) is 7.61. The fourth-order valence-electron chi connectivity index (χ4n) is 3.27. The standard InChI is InChI=1S/C21H24FN3O3S/c1-3-20(26)24(10-11-28-2)14-21(27)25-18(15-7-4-5-8-16(15)22)13-17(23-25)19-9-6-12-29-19/h4-9,12,18H,3,10-11,13-14H2,1-2H3/t18-/m0/s1. The summed E-state index contributed by atoms with van der Waals surface area (Å²) in [6.07, 6.45) is 0.713. The molecule has 0 aliphatic carbocycles. The first-order chi connectivity index (χ1) is 14.0. The summed E-state index contributed by atoms with van der Waals surface area (Å²) in [5, 5.41) is 7.79. The minimum absolute atomic E-state index is 0.123. The number of nitrogens with zero attached hydrogens (tertiary/aromatic N) is 3. The molecule has 1 aromatic heterocycles. The van der Waals surface area contributed by atoms with Crippen LogP contribution in [-0.4, -0.2) is 54.2 Å². The van der Waals surface area contributed by atoms with Crippen molar-refractivity contribution in [1.82, 2.24) is 9.91 Å². The van der Waals surface area contributed by atoms with Gasteiger partial charge in [-0.3, -0.25) is 9.59 Å². The number of ether oxygens (including phenoxy) is 1. The first-order valence-corrected chi connectivity index (χ1v) is 10.4. The summed E-state index contributed by atoms with van der Waals surface area (Å²) < 4.78 is 19.5. The zero-order valence-corrected chi connectivity index (χ0v) is 17.3. The van der Waals surface area contributed by atoms with Crippen LogP contribution in [0.15, 0.2) is 46.9 Å². The number of amides is 2. The summed E-state index contributed by atoms with van der Waals surface area (Å²) in [6, 6.07) is 9.73. The van der Waals surface area contributed by atoms with Crippen molar-refractivity contribution in [2.45, 2.75) is 25.8 Å². The number of hydrogen-bond donors (Lipinski definition) is 0. The molecule has 0 fully saturated rings. The Morgan fingerprint density at radius 3 is 2.76 bits per heavy atom. The van der Waals surface area contributed by atoms with Gasteiger partial charge in [0.05, 0.1) is 23.2 Å². The van der Waals surface area contributed by atoms with E-state index in [4.69, 9.17) is 4.74 Å². The van der Waals surface area contributed by atoms with E-state index in [-0.39, 0.29) is 30.6 Å². The maximum atomic E-state index is 14.5. The van der Waals surface area contributed by atoms with Crippen molar-refractivity contribution in [3.05, 3.63) is 58.0 Å². The molecule has 1 atom stereocenters. The van der Waals surface area contributed by atoms with Crippen LogP contribution in [-0.2, 0) is 14.3 Å². The van der Waals surface area contributed by atoms with Crippen molar-refractivity contribution in [1.29, 1.82) is 0 Å². The molecule has 0 saturated heterocycles. The number of halogens is 1. The summed E-state index contributed by atoms with van der Waals surface area (Å²) in [7, 11) is 1.54. The van der Waals surface area contributed by atoms with E-state index in [1.54, 1.807) is 32.2 Å². The molecule has 1 aromatic carbocycles. The summed E-state index contributed by atoms with van der Waals surface area (Å²) in [4.78, 5) is 27.8. The van der Waals surface area contributed by atoms with E-state index in [1.165, 1.54) is 27.3 Å². The average molecular weight is 418 g/mol. The highest BCUT2D eigenvalue weighted by Crippen LogP contribution is 2.35. The third-order valence-electron chi connectivity index (χ3n) is 4.78. The van der Waals surface area contributed by atoms with Crippen molar-refractivity contribution in [2.75, 3.05) is 26.8 Å². The van der Waals surface area contributed by atoms with Crippen LogP contribution >= 0.6 is 11.3 Å². The molecule has 1 aliphatic rings. The van der Waals surface area contributed by atoms with Gasteiger partial charge in [-0.2, -0.15) is 5.10 Å². The lowest BCUT2D eigenvalue weighted by Crippen LogP contribution is -2.42. The largest absolute Gasteiger partial charge is 0.383 e. The molecule has 8 heteroatoms. The van der Waals surface area contributed by atoms with Crippen LogP contribution in [0.4, 0.5) is 4.39 Å². The van der Waals surface area contributed by atoms with Crippen LogP contribution in [0.5, 0.6) is 0 Å². The quantitative estimate of drug-likeness (QED) is 0.661. The fraction of sp³-hybridized carbons (Fsp3) is 0.381.